The number of aromatic nitrogens is 1. The van der Waals surface area contributed by atoms with E-state index < -0.39 is 0 Å². The molecule has 3 aromatic rings. The van der Waals surface area contributed by atoms with E-state index in [2.05, 4.69) is 15.8 Å². The standard InChI is InChI=1S/C22H24N4O4/c1-28-19-8-5-16(11-20(19)29-2)14-30-25-13-15-3-6-17(7-4-15)22(27)26-18-9-10-24-21(23)12-18/h3-12,25H,13-14H2,1-2H3,(H3,23,24,26,27). The van der Waals surface area contributed by atoms with Gasteiger partial charge in [0.05, 0.1) is 20.8 Å². The first-order chi connectivity index (χ1) is 14.6. The molecule has 1 heterocycles. The van der Waals surface area contributed by atoms with Crippen LogP contribution in [0.3, 0.4) is 0 Å². The fourth-order valence-electron chi connectivity index (χ4n) is 2.74. The van der Waals surface area contributed by atoms with Crippen LogP contribution in [0.5, 0.6) is 11.5 Å². The quantitative estimate of drug-likeness (QED) is 0.369. The number of carbonyl (C=O) groups is 1. The van der Waals surface area contributed by atoms with E-state index in [1.807, 2.05) is 30.3 Å². The number of benzene rings is 2. The number of nitrogens with two attached hydrogens (primary N) is 1. The molecule has 0 spiro atoms. The highest BCUT2D eigenvalue weighted by Gasteiger charge is 2.07. The van der Waals surface area contributed by atoms with Gasteiger partial charge in [0.1, 0.15) is 5.82 Å². The summed E-state index contributed by atoms with van der Waals surface area (Å²) in [7, 11) is 3.19. The summed E-state index contributed by atoms with van der Waals surface area (Å²) in [5, 5.41) is 2.79. The zero-order chi connectivity index (χ0) is 21.3. The van der Waals surface area contributed by atoms with E-state index in [-0.39, 0.29) is 5.91 Å². The van der Waals surface area contributed by atoms with Crippen molar-refractivity contribution in [3.63, 3.8) is 0 Å². The molecule has 0 saturated heterocycles. The van der Waals surface area contributed by atoms with Crippen molar-refractivity contribution in [3.05, 3.63) is 77.5 Å². The van der Waals surface area contributed by atoms with Crippen LogP contribution in [0, 0.1) is 0 Å². The lowest BCUT2D eigenvalue weighted by molar-refractivity contribution is 0.0234. The first kappa shape index (κ1) is 21.1. The van der Waals surface area contributed by atoms with Crippen molar-refractivity contribution in [1.82, 2.24) is 10.5 Å². The minimum Gasteiger partial charge on any atom is -0.493 e. The Balaban J connectivity index is 1.47. The number of hydroxylamine groups is 1. The number of methoxy groups -OCH3 is 2. The number of hydrogen-bond acceptors (Lipinski definition) is 7. The van der Waals surface area contributed by atoms with Gasteiger partial charge in [0.15, 0.2) is 11.5 Å². The molecule has 30 heavy (non-hydrogen) atoms. The maximum atomic E-state index is 12.3. The number of nitrogen functional groups attached to an aromatic ring is 1. The van der Waals surface area contributed by atoms with Crippen LogP contribution in [0.25, 0.3) is 0 Å². The largest absolute Gasteiger partial charge is 0.493 e. The van der Waals surface area contributed by atoms with Crippen molar-refractivity contribution in [3.8, 4) is 11.5 Å². The average molecular weight is 408 g/mol. The Morgan fingerprint density at radius 2 is 1.70 bits per heavy atom. The molecule has 0 bridgehead atoms. The number of anilines is 2. The van der Waals surface area contributed by atoms with Gasteiger partial charge < -0.3 is 20.5 Å². The van der Waals surface area contributed by atoms with Gasteiger partial charge in [-0.1, -0.05) is 18.2 Å². The van der Waals surface area contributed by atoms with Gasteiger partial charge in [-0.3, -0.25) is 9.63 Å². The van der Waals surface area contributed by atoms with Crippen molar-refractivity contribution >= 4 is 17.4 Å². The minimum absolute atomic E-state index is 0.218. The van der Waals surface area contributed by atoms with E-state index in [0.717, 1.165) is 11.1 Å². The van der Waals surface area contributed by atoms with Gasteiger partial charge in [0, 0.05) is 30.1 Å². The molecule has 156 valence electrons. The highest BCUT2D eigenvalue weighted by molar-refractivity contribution is 6.04. The zero-order valence-corrected chi connectivity index (χ0v) is 16.8. The summed E-state index contributed by atoms with van der Waals surface area (Å²) in [6, 6.07) is 16.1. The average Bonchev–Trinajstić information content (AvgIpc) is 2.77. The lowest BCUT2D eigenvalue weighted by atomic mass is 10.1. The molecular weight excluding hydrogens is 384 g/mol. The van der Waals surface area contributed by atoms with Crippen molar-refractivity contribution in [2.24, 2.45) is 0 Å². The molecule has 0 radical (unpaired) electrons. The summed E-state index contributed by atoms with van der Waals surface area (Å²) in [4.78, 5) is 21.7. The Labute approximate surface area is 174 Å². The summed E-state index contributed by atoms with van der Waals surface area (Å²) in [5.74, 6) is 1.46. The first-order valence-corrected chi connectivity index (χ1v) is 9.26. The lowest BCUT2D eigenvalue weighted by Gasteiger charge is -2.10. The van der Waals surface area contributed by atoms with Gasteiger partial charge in [0.2, 0.25) is 0 Å². The summed E-state index contributed by atoms with van der Waals surface area (Å²) in [6.45, 7) is 0.867. The molecular formula is C22H24N4O4. The van der Waals surface area contributed by atoms with Crippen LogP contribution in [0.15, 0.2) is 60.8 Å². The molecule has 1 aromatic heterocycles. The maximum absolute atomic E-state index is 12.3. The van der Waals surface area contributed by atoms with Gasteiger partial charge in [-0.2, -0.15) is 5.48 Å². The summed E-state index contributed by atoms with van der Waals surface area (Å²) >= 11 is 0. The first-order valence-electron chi connectivity index (χ1n) is 9.26. The molecule has 0 aliphatic carbocycles. The number of amides is 1. The number of ether oxygens (including phenoxy) is 2. The van der Waals surface area contributed by atoms with Crippen LogP contribution in [-0.4, -0.2) is 25.1 Å². The van der Waals surface area contributed by atoms with Gasteiger partial charge >= 0.3 is 0 Å². The predicted molar refractivity (Wildman–Crippen MR) is 114 cm³/mol. The third-order valence-electron chi connectivity index (χ3n) is 4.32. The number of nitrogens with one attached hydrogen (secondary N) is 2. The Kier molecular flexibility index (Phi) is 7.20. The molecule has 4 N–H and O–H groups in total. The van der Waals surface area contributed by atoms with Crippen molar-refractivity contribution in [2.45, 2.75) is 13.2 Å². The van der Waals surface area contributed by atoms with Crippen LogP contribution < -0.4 is 26.0 Å². The third-order valence-corrected chi connectivity index (χ3v) is 4.32. The predicted octanol–water partition coefficient (Wildman–Crippen LogP) is 3.15. The monoisotopic (exact) mass is 408 g/mol. The molecule has 0 aliphatic heterocycles. The van der Waals surface area contributed by atoms with Crippen molar-refractivity contribution < 1.29 is 19.1 Å². The molecule has 0 atom stereocenters. The van der Waals surface area contributed by atoms with Crippen LogP contribution in [0.2, 0.25) is 0 Å². The van der Waals surface area contributed by atoms with E-state index in [9.17, 15) is 4.79 Å². The highest BCUT2D eigenvalue weighted by atomic mass is 16.6. The van der Waals surface area contributed by atoms with E-state index in [1.165, 1.54) is 0 Å². The van der Waals surface area contributed by atoms with Crippen molar-refractivity contribution in [2.75, 3.05) is 25.3 Å². The van der Waals surface area contributed by atoms with E-state index >= 15 is 0 Å². The number of nitrogens with zero attached hydrogens (tertiary/aromatic N) is 1. The fourth-order valence-corrected chi connectivity index (χ4v) is 2.74. The second-order valence-electron chi connectivity index (χ2n) is 6.42. The normalized spacial score (nSPS) is 10.5. The van der Waals surface area contributed by atoms with E-state index in [1.54, 1.807) is 44.7 Å². The molecule has 0 saturated carbocycles. The number of hydrogen-bond donors (Lipinski definition) is 3. The minimum atomic E-state index is -0.218. The molecule has 0 aliphatic rings. The van der Waals surface area contributed by atoms with Gasteiger partial charge in [-0.15, -0.1) is 0 Å². The molecule has 3 rings (SSSR count). The maximum Gasteiger partial charge on any atom is 0.255 e. The summed E-state index contributed by atoms with van der Waals surface area (Å²) in [6.07, 6.45) is 1.54. The fraction of sp³-hybridized carbons (Fsp3) is 0.182. The second-order valence-corrected chi connectivity index (χ2v) is 6.42. The van der Waals surface area contributed by atoms with Crippen LogP contribution in [0.1, 0.15) is 21.5 Å². The van der Waals surface area contributed by atoms with Gasteiger partial charge in [-0.05, 0) is 41.5 Å². The molecule has 1 amide bonds. The molecule has 8 heteroatoms. The van der Waals surface area contributed by atoms with Gasteiger partial charge in [0.25, 0.3) is 5.91 Å². The van der Waals surface area contributed by atoms with Crippen molar-refractivity contribution in [1.29, 1.82) is 0 Å². The Hall–Kier alpha value is -3.62. The van der Waals surface area contributed by atoms with E-state index in [4.69, 9.17) is 20.0 Å². The second kappa shape index (κ2) is 10.2. The van der Waals surface area contributed by atoms with Crippen LogP contribution in [-0.2, 0) is 18.0 Å². The zero-order valence-electron chi connectivity index (χ0n) is 16.8. The third kappa shape index (κ3) is 5.69. The van der Waals surface area contributed by atoms with Crippen LogP contribution >= 0.6 is 0 Å². The topological polar surface area (TPSA) is 108 Å². The SMILES string of the molecule is COc1ccc(CONCc2ccc(C(=O)Nc3ccnc(N)c3)cc2)cc1OC. The molecule has 0 unspecified atom stereocenters. The van der Waals surface area contributed by atoms with E-state index in [0.29, 0.717) is 41.7 Å². The Morgan fingerprint density at radius 1 is 0.967 bits per heavy atom. The summed E-state index contributed by atoms with van der Waals surface area (Å²) in [5.41, 5.74) is 11.6. The van der Waals surface area contributed by atoms with Gasteiger partial charge in [-0.25, -0.2) is 4.98 Å². The summed E-state index contributed by atoms with van der Waals surface area (Å²) < 4.78 is 10.5. The number of rotatable bonds is 9. The Morgan fingerprint density at radius 3 is 2.40 bits per heavy atom. The Bertz CT molecular complexity index is 993. The highest BCUT2D eigenvalue weighted by Crippen LogP contribution is 2.27. The number of carbonyl (C=O) groups excluding carboxylic acids is 1. The molecule has 2 aromatic carbocycles. The smallest absolute Gasteiger partial charge is 0.255 e. The van der Waals surface area contributed by atoms with Crippen LogP contribution in [0.4, 0.5) is 11.5 Å². The number of pyridine rings is 1. The lowest BCUT2D eigenvalue weighted by Crippen LogP contribution is -2.15. The molecule has 0 fully saturated rings. The molecule has 8 nitrogen and oxygen atoms in total.